The highest BCUT2D eigenvalue weighted by atomic mass is 16.7. The van der Waals surface area contributed by atoms with Gasteiger partial charge < -0.3 is 25.0 Å². The summed E-state index contributed by atoms with van der Waals surface area (Å²) in [4.78, 5) is 14.2. The van der Waals surface area contributed by atoms with Gasteiger partial charge >= 0.3 is 0 Å². The Kier molecular flexibility index (Phi) is 5.47. The molecule has 1 amide bonds. The number of fused-ring (bicyclic) bond motifs is 1. The van der Waals surface area contributed by atoms with Crippen molar-refractivity contribution in [3.63, 3.8) is 0 Å². The summed E-state index contributed by atoms with van der Waals surface area (Å²) in [6.45, 7) is 0.224. The van der Waals surface area contributed by atoms with Crippen molar-refractivity contribution in [2.45, 2.75) is 0 Å². The molecule has 0 bridgehead atoms. The van der Waals surface area contributed by atoms with Crippen LogP contribution in [0.25, 0.3) is 6.08 Å². The molecule has 1 aliphatic heterocycles. The fourth-order valence-corrected chi connectivity index (χ4v) is 2.82. The third kappa shape index (κ3) is 4.67. The topological polar surface area (TPSA) is 88.6 Å². The van der Waals surface area contributed by atoms with Crippen LogP contribution in [0.4, 0.5) is 22.9 Å². The molecule has 0 aliphatic carbocycles. The number of anilines is 4. The van der Waals surface area contributed by atoms with Crippen molar-refractivity contribution in [3.8, 4) is 11.5 Å². The maximum absolute atomic E-state index is 12.2. The first-order valence-corrected chi connectivity index (χ1v) is 9.33. The lowest BCUT2D eigenvalue weighted by atomic mass is 10.2. The maximum Gasteiger partial charge on any atom is 0.248 e. The summed E-state index contributed by atoms with van der Waals surface area (Å²) in [6.07, 6.45) is 4.90. The number of aromatic nitrogens is 2. The average molecular weight is 403 g/mol. The second kappa shape index (κ2) is 8.52. The van der Waals surface area contributed by atoms with Gasteiger partial charge in [0.2, 0.25) is 12.7 Å². The van der Waals surface area contributed by atoms with Gasteiger partial charge in [0, 0.05) is 37.6 Å². The Morgan fingerprint density at radius 2 is 1.80 bits per heavy atom. The van der Waals surface area contributed by atoms with Crippen molar-refractivity contribution in [1.29, 1.82) is 0 Å². The van der Waals surface area contributed by atoms with Gasteiger partial charge in [-0.15, -0.1) is 5.10 Å². The second-order valence-corrected chi connectivity index (χ2v) is 6.83. The molecule has 0 unspecified atom stereocenters. The van der Waals surface area contributed by atoms with E-state index in [1.165, 1.54) is 6.08 Å². The standard InChI is InChI=1S/C22H21N5O3/c1-27(2)18-12-21(26-23-13-18)24-16-5-7-17(8-6-16)25-22(28)10-4-15-3-9-19-20(11-15)30-14-29-19/h3-13H,14H2,1-2H3,(H,24,26)(H,25,28)/b10-4+. The molecule has 4 rings (SSSR count). The largest absolute Gasteiger partial charge is 0.454 e. The fourth-order valence-electron chi connectivity index (χ4n) is 2.82. The number of ether oxygens (including phenoxy) is 2. The lowest BCUT2D eigenvalue weighted by molar-refractivity contribution is -0.111. The minimum atomic E-state index is -0.224. The normalized spacial score (nSPS) is 12.1. The van der Waals surface area contributed by atoms with Crippen LogP contribution in [0.15, 0.2) is 60.8 Å². The highest BCUT2D eigenvalue weighted by Crippen LogP contribution is 2.32. The number of carbonyl (C=O) groups is 1. The first kappa shape index (κ1) is 19.3. The summed E-state index contributed by atoms with van der Waals surface area (Å²) in [5, 5.41) is 14.1. The molecule has 8 nitrogen and oxygen atoms in total. The molecule has 0 saturated heterocycles. The molecule has 0 saturated carbocycles. The second-order valence-electron chi connectivity index (χ2n) is 6.83. The SMILES string of the molecule is CN(C)c1cnnc(Nc2ccc(NC(=O)/C=C/c3ccc4c(c3)OCO4)cc2)c1. The molecular weight excluding hydrogens is 382 g/mol. The first-order valence-electron chi connectivity index (χ1n) is 9.33. The van der Waals surface area contributed by atoms with Gasteiger partial charge in [0.15, 0.2) is 17.3 Å². The molecule has 8 heteroatoms. The lowest BCUT2D eigenvalue weighted by Crippen LogP contribution is -2.10. The quantitative estimate of drug-likeness (QED) is 0.607. The number of benzene rings is 2. The molecule has 2 N–H and O–H groups in total. The molecule has 0 atom stereocenters. The van der Waals surface area contributed by atoms with Crippen molar-refractivity contribution in [3.05, 3.63) is 66.4 Å². The van der Waals surface area contributed by atoms with Crippen LogP contribution in [0.3, 0.4) is 0 Å². The molecule has 30 heavy (non-hydrogen) atoms. The number of nitrogens with one attached hydrogen (secondary N) is 2. The van der Waals surface area contributed by atoms with Crippen molar-refractivity contribution in [2.24, 2.45) is 0 Å². The molecule has 1 aromatic heterocycles. The van der Waals surface area contributed by atoms with E-state index in [-0.39, 0.29) is 12.7 Å². The Balaban J connectivity index is 1.35. The molecule has 0 fully saturated rings. The van der Waals surface area contributed by atoms with E-state index >= 15 is 0 Å². The van der Waals surface area contributed by atoms with E-state index in [4.69, 9.17) is 9.47 Å². The van der Waals surface area contributed by atoms with E-state index in [0.717, 1.165) is 16.9 Å². The van der Waals surface area contributed by atoms with E-state index in [0.29, 0.717) is 23.0 Å². The predicted molar refractivity (Wildman–Crippen MR) is 116 cm³/mol. The Bertz CT molecular complexity index is 1080. The predicted octanol–water partition coefficient (Wildman–Crippen LogP) is 3.67. The van der Waals surface area contributed by atoms with Gasteiger partial charge in [0.1, 0.15) is 0 Å². The van der Waals surface area contributed by atoms with Crippen LogP contribution in [0.2, 0.25) is 0 Å². The van der Waals surface area contributed by atoms with Crippen LogP contribution in [0.1, 0.15) is 5.56 Å². The molecule has 3 aromatic rings. The van der Waals surface area contributed by atoms with E-state index < -0.39 is 0 Å². The van der Waals surface area contributed by atoms with Gasteiger partial charge in [-0.2, -0.15) is 5.10 Å². The fraction of sp³-hybridized carbons (Fsp3) is 0.136. The van der Waals surface area contributed by atoms with Crippen molar-refractivity contribution in [2.75, 3.05) is 36.4 Å². The zero-order valence-electron chi connectivity index (χ0n) is 16.6. The molecule has 2 heterocycles. The van der Waals surface area contributed by atoms with Gasteiger partial charge in [0.25, 0.3) is 0 Å². The number of nitrogens with zero attached hydrogens (tertiary/aromatic N) is 3. The lowest BCUT2D eigenvalue weighted by Gasteiger charge is -2.13. The molecule has 152 valence electrons. The van der Waals surface area contributed by atoms with Crippen LogP contribution in [0.5, 0.6) is 11.5 Å². The summed E-state index contributed by atoms with van der Waals surface area (Å²) >= 11 is 0. The highest BCUT2D eigenvalue weighted by molar-refractivity contribution is 6.02. The minimum absolute atomic E-state index is 0.224. The van der Waals surface area contributed by atoms with Crippen LogP contribution in [0, 0.1) is 0 Å². The number of hydrogen-bond acceptors (Lipinski definition) is 7. The minimum Gasteiger partial charge on any atom is -0.454 e. The highest BCUT2D eigenvalue weighted by Gasteiger charge is 2.12. The Morgan fingerprint density at radius 3 is 2.60 bits per heavy atom. The zero-order chi connectivity index (χ0) is 20.9. The van der Waals surface area contributed by atoms with E-state index in [2.05, 4.69) is 20.8 Å². The van der Waals surface area contributed by atoms with Crippen LogP contribution in [-0.2, 0) is 4.79 Å². The van der Waals surface area contributed by atoms with Crippen molar-refractivity contribution in [1.82, 2.24) is 10.2 Å². The molecule has 2 aromatic carbocycles. The third-order valence-electron chi connectivity index (χ3n) is 4.41. The number of rotatable bonds is 6. The van der Waals surface area contributed by atoms with Gasteiger partial charge in [-0.3, -0.25) is 4.79 Å². The van der Waals surface area contributed by atoms with Gasteiger partial charge in [-0.05, 0) is 48.0 Å². The Morgan fingerprint density at radius 1 is 1.03 bits per heavy atom. The Hall–Kier alpha value is -4.07. The monoisotopic (exact) mass is 403 g/mol. The van der Waals surface area contributed by atoms with E-state index in [9.17, 15) is 4.79 Å². The zero-order valence-corrected chi connectivity index (χ0v) is 16.6. The van der Waals surface area contributed by atoms with Gasteiger partial charge in [-0.1, -0.05) is 6.07 Å². The third-order valence-corrected chi connectivity index (χ3v) is 4.41. The summed E-state index contributed by atoms with van der Waals surface area (Å²) < 4.78 is 10.6. The number of carbonyl (C=O) groups excluding carboxylic acids is 1. The molecular formula is C22H21N5O3. The van der Waals surface area contributed by atoms with Crippen LogP contribution < -0.4 is 25.0 Å². The summed E-state index contributed by atoms with van der Waals surface area (Å²) in [5.41, 5.74) is 3.34. The summed E-state index contributed by atoms with van der Waals surface area (Å²) in [5.74, 6) is 1.81. The molecule has 0 radical (unpaired) electrons. The molecule has 0 spiro atoms. The first-order chi connectivity index (χ1) is 14.6. The maximum atomic E-state index is 12.2. The van der Waals surface area contributed by atoms with Crippen molar-refractivity contribution < 1.29 is 14.3 Å². The van der Waals surface area contributed by atoms with Gasteiger partial charge in [-0.25, -0.2) is 0 Å². The van der Waals surface area contributed by atoms with Crippen molar-refractivity contribution >= 4 is 34.9 Å². The average Bonchev–Trinajstić information content (AvgIpc) is 3.22. The van der Waals surface area contributed by atoms with Gasteiger partial charge in [0.05, 0.1) is 11.9 Å². The van der Waals surface area contributed by atoms with E-state index in [1.54, 1.807) is 12.3 Å². The van der Waals surface area contributed by atoms with E-state index in [1.807, 2.05) is 67.5 Å². The van der Waals surface area contributed by atoms with Crippen LogP contribution in [-0.4, -0.2) is 37.0 Å². The Labute approximate surface area is 174 Å². The van der Waals surface area contributed by atoms with Crippen LogP contribution >= 0.6 is 0 Å². The number of amides is 1. The number of hydrogen-bond donors (Lipinski definition) is 2. The molecule has 1 aliphatic rings. The summed E-state index contributed by atoms with van der Waals surface area (Å²) in [6, 6.07) is 14.8. The summed E-state index contributed by atoms with van der Waals surface area (Å²) in [7, 11) is 3.89. The smallest absolute Gasteiger partial charge is 0.248 e.